The number of ketones is 1. The maximum Gasteiger partial charge on any atom is 0.157 e. The molecular weight excluding hydrogens is 161 g/mol. The van der Waals surface area contributed by atoms with Crippen LogP contribution >= 0.6 is 0 Å². The minimum Gasteiger partial charge on any atom is -0.295 e. The summed E-state index contributed by atoms with van der Waals surface area (Å²) in [5, 5.41) is 0. The number of hydrogen-bond donors (Lipinski definition) is 0. The molecule has 60 valence electrons. The Hall–Kier alpha value is -1.19. The molecule has 0 unspecified atom stereocenters. The summed E-state index contributed by atoms with van der Waals surface area (Å²) in [6.07, 6.45) is -0.275. The van der Waals surface area contributed by atoms with Crippen LogP contribution in [0.4, 0.5) is 8.78 Å². The topological polar surface area (TPSA) is 17.1 Å². The molecule has 1 aromatic rings. The van der Waals surface area contributed by atoms with Crippen molar-refractivity contribution in [3.63, 3.8) is 0 Å². The third kappa shape index (κ3) is 1.70. The number of benzene rings is 1. The average molecular weight is 166 g/mol. The van der Waals surface area contributed by atoms with Crippen LogP contribution in [-0.4, -0.2) is 13.6 Å². The summed E-state index contributed by atoms with van der Waals surface area (Å²) in [4.78, 5) is 10.9. The quantitative estimate of drug-likeness (QED) is 0.482. The van der Waals surface area contributed by atoms with Crippen molar-refractivity contribution in [2.75, 3.05) is 0 Å². The van der Waals surface area contributed by atoms with E-state index in [-0.39, 0.29) is 11.9 Å². The van der Waals surface area contributed by atoms with Gasteiger partial charge in [0.15, 0.2) is 5.78 Å². The fourth-order valence-electron chi connectivity index (χ4n) is 0.826. The third-order valence-corrected chi connectivity index (χ3v) is 1.42. The third-order valence-electron chi connectivity index (χ3n) is 1.42. The summed E-state index contributed by atoms with van der Waals surface area (Å²) < 4.78 is 25.1. The van der Waals surface area contributed by atoms with Crippen LogP contribution in [0.15, 0.2) is 18.2 Å². The van der Waals surface area contributed by atoms with Gasteiger partial charge in [-0.25, -0.2) is 8.78 Å². The first-order chi connectivity index (χ1) is 5.65. The molecule has 0 aliphatic carbocycles. The van der Waals surface area contributed by atoms with E-state index in [0.29, 0.717) is 6.07 Å². The highest BCUT2D eigenvalue weighted by molar-refractivity contribution is 6.24. The van der Waals surface area contributed by atoms with Gasteiger partial charge in [-0.1, -0.05) is 0 Å². The lowest BCUT2D eigenvalue weighted by Crippen LogP contribution is -2.01. The normalized spacial score (nSPS) is 9.83. The second-order valence-electron chi connectivity index (χ2n) is 2.25. The van der Waals surface area contributed by atoms with Gasteiger partial charge in [0.25, 0.3) is 0 Å². The van der Waals surface area contributed by atoms with E-state index in [1.165, 1.54) is 0 Å². The van der Waals surface area contributed by atoms with Crippen LogP contribution in [0.5, 0.6) is 0 Å². The maximum atomic E-state index is 12.8. The highest BCUT2D eigenvalue weighted by atomic mass is 19.1. The van der Waals surface area contributed by atoms with E-state index >= 15 is 0 Å². The van der Waals surface area contributed by atoms with Gasteiger partial charge < -0.3 is 0 Å². The zero-order valence-electron chi connectivity index (χ0n) is 6.18. The molecule has 1 rings (SSSR count). The van der Waals surface area contributed by atoms with E-state index in [4.69, 9.17) is 7.85 Å². The molecule has 4 heteroatoms. The highest BCUT2D eigenvalue weighted by Gasteiger charge is 2.09. The lowest BCUT2D eigenvalue weighted by Gasteiger charge is -1.98. The van der Waals surface area contributed by atoms with Crippen LogP contribution in [0.2, 0.25) is 6.32 Å². The number of carbonyl (C=O) groups excluding carboxylic acids is 1. The Labute approximate surface area is 69.8 Å². The lowest BCUT2D eigenvalue weighted by molar-refractivity contribution is 0.101. The second-order valence-corrected chi connectivity index (χ2v) is 2.25. The number of carbonyl (C=O) groups is 1. The molecule has 0 N–H and O–H groups in total. The van der Waals surface area contributed by atoms with Crippen molar-refractivity contribution in [2.24, 2.45) is 0 Å². The number of Topliss-reactive ketones (excluding diaryl/α,β-unsaturated/α-hetero) is 1. The van der Waals surface area contributed by atoms with Crippen molar-refractivity contribution in [3.8, 4) is 0 Å². The highest BCUT2D eigenvalue weighted by Crippen LogP contribution is 2.10. The van der Waals surface area contributed by atoms with Gasteiger partial charge >= 0.3 is 0 Å². The van der Waals surface area contributed by atoms with E-state index in [9.17, 15) is 13.6 Å². The van der Waals surface area contributed by atoms with Gasteiger partial charge in [0, 0.05) is 6.07 Å². The molecule has 0 saturated heterocycles. The molecule has 12 heavy (non-hydrogen) atoms. The van der Waals surface area contributed by atoms with Gasteiger partial charge in [0.1, 0.15) is 11.6 Å². The Bertz CT molecular complexity index is 312. The molecule has 0 aromatic heterocycles. The van der Waals surface area contributed by atoms with Crippen molar-refractivity contribution >= 4 is 13.6 Å². The predicted octanol–water partition coefficient (Wildman–Crippen LogP) is 1.73. The molecule has 2 radical (unpaired) electrons. The van der Waals surface area contributed by atoms with Crippen LogP contribution in [0.1, 0.15) is 10.4 Å². The van der Waals surface area contributed by atoms with E-state index in [1.54, 1.807) is 0 Å². The first kappa shape index (κ1) is 8.91. The fraction of sp³-hybridized carbons (Fsp3) is 0.125. The molecule has 0 atom stereocenters. The first-order valence-corrected chi connectivity index (χ1v) is 3.33. The van der Waals surface area contributed by atoms with E-state index in [1.807, 2.05) is 0 Å². The van der Waals surface area contributed by atoms with Crippen molar-refractivity contribution < 1.29 is 13.6 Å². The number of halogens is 2. The molecule has 1 aromatic carbocycles. The molecule has 0 bridgehead atoms. The molecule has 0 fully saturated rings. The average Bonchev–Trinajstić information content (AvgIpc) is 2.03. The first-order valence-electron chi connectivity index (χ1n) is 3.33. The summed E-state index contributed by atoms with van der Waals surface area (Å²) in [5.74, 6) is -2.11. The van der Waals surface area contributed by atoms with Crippen molar-refractivity contribution in [1.82, 2.24) is 0 Å². The summed E-state index contributed by atoms with van der Waals surface area (Å²) in [6, 6.07) is 2.76. The molecule has 0 amide bonds. The molecule has 0 aliphatic heterocycles. The largest absolute Gasteiger partial charge is 0.295 e. The standard InChI is InChI=1S/C8H5BF2O/c9-4-8(12)6-2-1-5(10)3-7(6)11/h1-3H,4H2. The van der Waals surface area contributed by atoms with E-state index < -0.39 is 17.4 Å². The summed E-state index contributed by atoms with van der Waals surface area (Å²) in [7, 11) is 5.00. The predicted molar refractivity (Wildman–Crippen MR) is 41.2 cm³/mol. The molecular formula is C8H5BF2O. The fourth-order valence-corrected chi connectivity index (χ4v) is 0.826. The summed E-state index contributed by atoms with van der Waals surface area (Å²) in [6.45, 7) is 0. The van der Waals surface area contributed by atoms with Crippen LogP contribution in [-0.2, 0) is 0 Å². The molecule has 0 spiro atoms. The van der Waals surface area contributed by atoms with Gasteiger partial charge in [-0.3, -0.25) is 4.79 Å². The zero-order valence-corrected chi connectivity index (χ0v) is 6.18. The Morgan fingerprint density at radius 1 is 1.42 bits per heavy atom. The SMILES string of the molecule is [B]CC(=O)c1ccc(F)cc1F. The van der Waals surface area contributed by atoms with E-state index in [0.717, 1.165) is 12.1 Å². The minimum atomic E-state index is -0.870. The van der Waals surface area contributed by atoms with Crippen molar-refractivity contribution in [3.05, 3.63) is 35.4 Å². The smallest absolute Gasteiger partial charge is 0.157 e. The van der Waals surface area contributed by atoms with Crippen molar-refractivity contribution in [2.45, 2.75) is 6.32 Å². The van der Waals surface area contributed by atoms with Crippen LogP contribution in [0.25, 0.3) is 0 Å². The molecule has 1 nitrogen and oxygen atoms in total. The Balaban J connectivity index is 3.09. The minimum absolute atomic E-state index is 0.168. The van der Waals surface area contributed by atoms with Gasteiger partial charge in [-0.05, 0) is 18.5 Å². The Morgan fingerprint density at radius 3 is 2.58 bits per heavy atom. The van der Waals surface area contributed by atoms with Gasteiger partial charge in [-0.15, -0.1) is 0 Å². The van der Waals surface area contributed by atoms with Crippen LogP contribution in [0.3, 0.4) is 0 Å². The van der Waals surface area contributed by atoms with Crippen molar-refractivity contribution in [1.29, 1.82) is 0 Å². The Kier molecular flexibility index (Phi) is 2.58. The summed E-state index contributed by atoms with van der Waals surface area (Å²) in [5.41, 5.74) is -0.168. The van der Waals surface area contributed by atoms with E-state index in [2.05, 4.69) is 0 Å². The van der Waals surface area contributed by atoms with Crippen LogP contribution in [0, 0.1) is 11.6 Å². The maximum absolute atomic E-state index is 12.8. The zero-order chi connectivity index (χ0) is 9.14. The second kappa shape index (κ2) is 3.47. The van der Waals surface area contributed by atoms with Gasteiger partial charge in [0.2, 0.25) is 0 Å². The van der Waals surface area contributed by atoms with Gasteiger partial charge in [0.05, 0.1) is 13.4 Å². The monoisotopic (exact) mass is 166 g/mol. The molecule has 0 aliphatic rings. The van der Waals surface area contributed by atoms with Gasteiger partial charge in [-0.2, -0.15) is 0 Å². The molecule has 0 saturated carbocycles. The molecule has 0 heterocycles. The Morgan fingerprint density at radius 2 is 2.08 bits per heavy atom. The summed E-state index contributed by atoms with van der Waals surface area (Å²) >= 11 is 0. The number of rotatable bonds is 2. The number of hydrogen-bond acceptors (Lipinski definition) is 1. The van der Waals surface area contributed by atoms with Crippen LogP contribution < -0.4 is 0 Å². The lowest BCUT2D eigenvalue weighted by atomic mass is 9.96.